The molecule has 20 heavy (non-hydrogen) atoms. The van der Waals surface area contributed by atoms with Gasteiger partial charge in [0.15, 0.2) is 5.12 Å². The molecule has 1 amide bonds. The summed E-state index contributed by atoms with van der Waals surface area (Å²) in [5, 5.41) is 9.16. The maximum atomic E-state index is 12.3. The van der Waals surface area contributed by atoms with Gasteiger partial charge in [-0.2, -0.15) is 0 Å². The van der Waals surface area contributed by atoms with Crippen LogP contribution in [0.4, 0.5) is 0 Å². The Morgan fingerprint density at radius 2 is 2.10 bits per heavy atom. The van der Waals surface area contributed by atoms with Gasteiger partial charge in [0.2, 0.25) is 5.91 Å². The van der Waals surface area contributed by atoms with E-state index in [9.17, 15) is 19.5 Å². The van der Waals surface area contributed by atoms with Gasteiger partial charge in [-0.3, -0.25) is 9.59 Å². The van der Waals surface area contributed by atoms with E-state index in [4.69, 9.17) is 4.74 Å². The molecule has 0 spiro atoms. The van der Waals surface area contributed by atoms with Gasteiger partial charge >= 0.3 is 5.97 Å². The van der Waals surface area contributed by atoms with Crippen molar-refractivity contribution in [2.45, 2.75) is 39.3 Å². The summed E-state index contributed by atoms with van der Waals surface area (Å²) in [6, 6.07) is -0.830. The van der Waals surface area contributed by atoms with Gasteiger partial charge in [0.05, 0.1) is 6.10 Å². The molecular formula is C13H21NO5S. The number of carboxylic acids is 1. The van der Waals surface area contributed by atoms with Crippen LogP contribution in [0.3, 0.4) is 0 Å². The molecule has 1 unspecified atom stereocenters. The highest BCUT2D eigenvalue weighted by Crippen LogP contribution is 2.24. The predicted octanol–water partition coefficient (Wildman–Crippen LogP) is 0.993. The first-order valence-electron chi connectivity index (χ1n) is 6.65. The minimum Gasteiger partial charge on any atom is -0.480 e. The number of ether oxygens (including phenoxy) is 1. The fourth-order valence-corrected chi connectivity index (χ4v) is 2.86. The average molecular weight is 303 g/mol. The van der Waals surface area contributed by atoms with E-state index in [-0.39, 0.29) is 23.0 Å². The van der Waals surface area contributed by atoms with Crippen LogP contribution in [0.25, 0.3) is 0 Å². The lowest BCUT2D eigenvalue weighted by Gasteiger charge is -2.24. The second kappa shape index (κ2) is 7.64. The maximum Gasteiger partial charge on any atom is 0.326 e. The van der Waals surface area contributed by atoms with E-state index in [1.165, 1.54) is 11.8 Å². The van der Waals surface area contributed by atoms with Crippen LogP contribution in [0.2, 0.25) is 0 Å². The number of carbonyl (C=O) groups excluding carboxylic acids is 2. The lowest BCUT2D eigenvalue weighted by molar-refractivity contribution is -0.149. The molecule has 0 aromatic carbocycles. The number of likely N-dealkylation sites (tertiary alicyclic amines) is 1. The average Bonchev–Trinajstić information content (AvgIpc) is 2.79. The van der Waals surface area contributed by atoms with Crippen molar-refractivity contribution in [3.8, 4) is 0 Å². The summed E-state index contributed by atoms with van der Waals surface area (Å²) in [6.07, 6.45) is 0.0966. The zero-order chi connectivity index (χ0) is 15.3. The smallest absolute Gasteiger partial charge is 0.326 e. The number of aliphatic carboxylic acids is 1. The van der Waals surface area contributed by atoms with Crippen LogP contribution < -0.4 is 0 Å². The lowest BCUT2D eigenvalue weighted by atomic mass is 10.1. The molecule has 1 fully saturated rings. The van der Waals surface area contributed by atoms with Crippen LogP contribution in [0.5, 0.6) is 0 Å². The minimum atomic E-state index is -1.01. The highest BCUT2D eigenvalue weighted by Gasteiger charge is 2.41. The fraction of sp³-hybridized carbons (Fsp3) is 0.769. The highest BCUT2D eigenvalue weighted by molar-refractivity contribution is 8.13. The summed E-state index contributed by atoms with van der Waals surface area (Å²) in [6.45, 7) is 5.80. The van der Waals surface area contributed by atoms with Crippen molar-refractivity contribution < 1.29 is 24.2 Å². The standard InChI is InChI=1S/C13H21NO5S/c1-4-19-10-5-11(13(17)18)14(6-10)12(16)8(2)7-20-9(3)15/h8,10-11H,4-7H2,1-3H3,(H,17,18)/t8?,10-,11+/m1/s1. The summed E-state index contributed by atoms with van der Waals surface area (Å²) >= 11 is 1.08. The summed E-state index contributed by atoms with van der Waals surface area (Å²) in [5.74, 6) is -1.25. The predicted molar refractivity (Wildman–Crippen MR) is 75.5 cm³/mol. The molecule has 0 aromatic rings. The molecule has 6 nitrogen and oxygen atoms in total. The van der Waals surface area contributed by atoms with Crippen molar-refractivity contribution in [2.75, 3.05) is 18.9 Å². The van der Waals surface area contributed by atoms with E-state index in [0.29, 0.717) is 25.3 Å². The van der Waals surface area contributed by atoms with Crippen LogP contribution in [0.1, 0.15) is 27.2 Å². The molecule has 1 aliphatic rings. The van der Waals surface area contributed by atoms with Gasteiger partial charge in [-0.25, -0.2) is 4.79 Å². The molecule has 1 rings (SSSR count). The molecule has 1 aliphatic heterocycles. The van der Waals surface area contributed by atoms with Crippen molar-refractivity contribution in [3.05, 3.63) is 0 Å². The first kappa shape index (κ1) is 17.0. The third kappa shape index (κ3) is 4.49. The minimum absolute atomic E-state index is 0.0481. The van der Waals surface area contributed by atoms with E-state index in [1.807, 2.05) is 6.92 Å². The Morgan fingerprint density at radius 3 is 2.60 bits per heavy atom. The Kier molecular flexibility index (Phi) is 6.48. The Hall–Kier alpha value is -1.08. The van der Waals surface area contributed by atoms with E-state index < -0.39 is 12.0 Å². The largest absolute Gasteiger partial charge is 0.480 e. The topological polar surface area (TPSA) is 83.9 Å². The SMILES string of the molecule is CCO[C@@H]1C[C@@H](C(=O)O)N(C(=O)C(C)CSC(C)=O)C1. The monoisotopic (exact) mass is 303 g/mol. The fourth-order valence-electron chi connectivity index (χ4n) is 2.23. The summed E-state index contributed by atoms with van der Waals surface area (Å²) < 4.78 is 5.43. The molecule has 0 radical (unpaired) electrons. The van der Waals surface area contributed by atoms with Crippen LogP contribution in [-0.4, -0.2) is 58.0 Å². The molecule has 0 bridgehead atoms. The van der Waals surface area contributed by atoms with Crippen molar-refractivity contribution in [1.82, 2.24) is 4.90 Å². The molecule has 0 aromatic heterocycles. The van der Waals surface area contributed by atoms with Crippen LogP contribution in [0, 0.1) is 5.92 Å². The number of hydrogen-bond acceptors (Lipinski definition) is 5. The number of carboxylic acid groups (broad SMARTS) is 1. The quantitative estimate of drug-likeness (QED) is 0.788. The van der Waals surface area contributed by atoms with Crippen molar-refractivity contribution >= 4 is 28.8 Å². The highest BCUT2D eigenvalue weighted by atomic mass is 32.2. The third-order valence-corrected chi connectivity index (χ3v) is 4.26. The third-order valence-electron chi connectivity index (χ3n) is 3.19. The number of rotatable bonds is 6. The van der Waals surface area contributed by atoms with Gasteiger partial charge in [-0.05, 0) is 6.92 Å². The molecule has 1 N–H and O–H groups in total. The zero-order valence-corrected chi connectivity index (χ0v) is 12.8. The number of thioether (sulfide) groups is 1. The maximum absolute atomic E-state index is 12.3. The number of amides is 1. The lowest BCUT2D eigenvalue weighted by Crippen LogP contribution is -2.43. The molecule has 0 aliphatic carbocycles. The van der Waals surface area contributed by atoms with Crippen molar-refractivity contribution in [1.29, 1.82) is 0 Å². The molecule has 3 atom stereocenters. The summed E-state index contributed by atoms with van der Waals surface area (Å²) in [7, 11) is 0. The Labute approximate surface area is 122 Å². The molecule has 114 valence electrons. The van der Waals surface area contributed by atoms with Gasteiger partial charge in [0.25, 0.3) is 0 Å². The number of carbonyl (C=O) groups is 3. The van der Waals surface area contributed by atoms with Crippen LogP contribution in [0.15, 0.2) is 0 Å². The second-order valence-electron chi connectivity index (χ2n) is 4.86. The van der Waals surface area contributed by atoms with Crippen LogP contribution in [-0.2, 0) is 19.1 Å². The normalized spacial score (nSPS) is 23.6. The second-order valence-corrected chi connectivity index (χ2v) is 6.06. The van der Waals surface area contributed by atoms with Gasteiger partial charge in [0, 0.05) is 38.2 Å². The Bertz CT molecular complexity index is 387. The summed E-state index contributed by atoms with van der Waals surface area (Å²) in [4.78, 5) is 35.8. The van der Waals surface area contributed by atoms with Crippen molar-refractivity contribution in [3.63, 3.8) is 0 Å². The van der Waals surface area contributed by atoms with Gasteiger partial charge < -0.3 is 14.7 Å². The van der Waals surface area contributed by atoms with Gasteiger partial charge in [-0.15, -0.1) is 0 Å². The Balaban J connectivity index is 2.68. The van der Waals surface area contributed by atoms with E-state index in [0.717, 1.165) is 11.8 Å². The zero-order valence-electron chi connectivity index (χ0n) is 12.0. The first-order valence-corrected chi connectivity index (χ1v) is 7.63. The van der Waals surface area contributed by atoms with E-state index in [1.54, 1.807) is 6.92 Å². The molecule has 7 heteroatoms. The first-order chi connectivity index (χ1) is 9.36. The molecule has 0 saturated carbocycles. The van der Waals surface area contributed by atoms with Crippen LogP contribution >= 0.6 is 11.8 Å². The van der Waals surface area contributed by atoms with Crippen molar-refractivity contribution in [2.24, 2.45) is 5.92 Å². The molecule has 1 heterocycles. The van der Waals surface area contributed by atoms with E-state index in [2.05, 4.69) is 0 Å². The Morgan fingerprint density at radius 1 is 1.45 bits per heavy atom. The number of nitrogens with zero attached hydrogens (tertiary/aromatic N) is 1. The number of hydrogen-bond donors (Lipinski definition) is 1. The summed E-state index contributed by atoms with van der Waals surface area (Å²) in [5.41, 5.74) is 0. The van der Waals surface area contributed by atoms with Gasteiger partial charge in [-0.1, -0.05) is 18.7 Å². The molecule has 1 saturated heterocycles. The van der Waals surface area contributed by atoms with E-state index >= 15 is 0 Å². The van der Waals surface area contributed by atoms with Gasteiger partial charge in [0.1, 0.15) is 6.04 Å². The molecular weight excluding hydrogens is 282 g/mol.